The number of carbonyl (C=O) groups is 2. The topological polar surface area (TPSA) is 58.2 Å². The largest absolute Gasteiger partial charge is 0.351 e. The lowest BCUT2D eigenvalue weighted by Gasteiger charge is -2.11. The van der Waals surface area contributed by atoms with Gasteiger partial charge in [-0.25, -0.2) is 0 Å². The second-order valence-corrected chi connectivity index (χ2v) is 6.48. The summed E-state index contributed by atoms with van der Waals surface area (Å²) in [4.78, 5) is 25.7. The Morgan fingerprint density at radius 1 is 1.17 bits per heavy atom. The summed E-state index contributed by atoms with van der Waals surface area (Å²) in [7, 11) is 0. The highest BCUT2D eigenvalue weighted by atomic mass is 32.1. The van der Waals surface area contributed by atoms with Crippen LogP contribution in [0.15, 0.2) is 47.5 Å². The maximum Gasteiger partial charge on any atom is 0.267 e. The molecule has 0 spiro atoms. The molecule has 5 heteroatoms. The molecule has 0 aliphatic rings. The zero-order valence-electron chi connectivity index (χ0n) is 14.0. The van der Waals surface area contributed by atoms with E-state index in [9.17, 15) is 9.59 Å². The van der Waals surface area contributed by atoms with Crippen molar-refractivity contribution in [1.29, 1.82) is 0 Å². The average Bonchev–Trinajstić information content (AvgIpc) is 3.08. The molecule has 0 saturated heterocycles. The number of aryl methyl sites for hydroxylation is 1. The van der Waals surface area contributed by atoms with Crippen LogP contribution in [0.1, 0.15) is 40.6 Å². The lowest BCUT2D eigenvalue weighted by atomic mass is 10.1. The number of carbonyl (C=O) groups excluding carboxylic acids is 2. The zero-order chi connectivity index (χ0) is 17.4. The van der Waals surface area contributed by atoms with Gasteiger partial charge < -0.3 is 10.6 Å². The first-order valence-electron chi connectivity index (χ1n) is 8.01. The van der Waals surface area contributed by atoms with Crippen LogP contribution in [0.4, 0.5) is 0 Å². The van der Waals surface area contributed by atoms with Gasteiger partial charge in [0, 0.05) is 17.0 Å². The van der Waals surface area contributed by atoms with Crippen molar-refractivity contribution in [1.82, 2.24) is 10.6 Å². The number of benzene rings is 1. The van der Waals surface area contributed by atoms with Crippen molar-refractivity contribution in [3.05, 3.63) is 63.5 Å². The summed E-state index contributed by atoms with van der Waals surface area (Å²) in [6.07, 6.45) is 3.61. The van der Waals surface area contributed by atoms with E-state index in [2.05, 4.69) is 17.6 Å². The summed E-state index contributed by atoms with van der Waals surface area (Å²) >= 11 is 1.51. The van der Waals surface area contributed by atoms with Crippen LogP contribution >= 0.6 is 11.3 Å². The zero-order valence-corrected chi connectivity index (χ0v) is 14.8. The van der Waals surface area contributed by atoms with Crippen LogP contribution in [-0.2, 0) is 4.79 Å². The highest BCUT2D eigenvalue weighted by molar-refractivity contribution is 7.10. The molecule has 0 saturated carbocycles. The van der Waals surface area contributed by atoms with E-state index in [0.717, 1.165) is 23.3 Å². The second kappa shape index (κ2) is 9.03. The van der Waals surface area contributed by atoms with Gasteiger partial charge >= 0.3 is 0 Å². The van der Waals surface area contributed by atoms with E-state index in [0.29, 0.717) is 12.1 Å². The van der Waals surface area contributed by atoms with Crippen molar-refractivity contribution in [2.45, 2.75) is 26.7 Å². The van der Waals surface area contributed by atoms with Gasteiger partial charge in [0.25, 0.3) is 11.8 Å². The Morgan fingerprint density at radius 2 is 1.92 bits per heavy atom. The molecule has 4 nitrogen and oxygen atoms in total. The third-order valence-corrected chi connectivity index (χ3v) is 4.27. The Hall–Kier alpha value is -2.40. The Balaban J connectivity index is 2.14. The molecule has 2 N–H and O–H groups in total. The number of thiophene rings is 1. The fourth-order valence-corrected chi connectivity index (χ4v) is 2.70. The van der Waals surface area contributed by atoms with Gasteiger partial charge in [-0.1, -0.05) is 37.1 Å². The standard InChI is InChI=1S/C19H22N2O2S/c1-3-4-11-20-19(23)17(13-16-6-5-12-24-16)21-18(22)15-9-7-14(2)8-10-15/h5-10,12-13H,3-4,11H2,1-2H3,(H,20,23)(H,21,22)/b17-13+. The van der Waals surface area contributed by atoms with Gasteiger partial charge in [-0.3, -0.25) is 9.59 Å². The maximum atomic E-state index is 12.4. The molecule has 0 unspecified atom stereocenters. The lowest BCUT2D eigenvalue weighted by molar-refractivity contribution is -0.117. The van der Waals surface area contributed by atoms with Crippen molar-refractivity contribution < 1.29 is 9.59 Å². The van der Waals surface area contributed by atoms with Gasteiger partial charge in [0.15, 0.2) is 0 Å². The Morgan fingerprint density at radius 3 is 2.54 bits per heavy atom. The third-order valence-electron chi connectivity index (χ3n) is 3.45. The van der Waals surface area contributed by atoms with Crippen molar-refractivity contribution in [2.75, 3.05) is 6.54 Å². The summed E-state index contributed by atoms with van der Waals surface area (Å²) in [5.74, 6) is -0.555. The van der Waals surface area contributed by atoms with Crippen LogP contribution < -0.4 is 10.6 Å². The average molecular weight is 342 g/mol. The summed E-state index contributed by atoms with van der Waals surface area (Å²) in [5, 5.41) is 7.51. The summed E-state index contributed by atoms with van der Waals surface area (Å²) in [5.41, 5.74) is 1.87. The molecule has 126 valence electrons. The van der Waals surface area contributed by atoms with Gasteiger partial charge in [0.2, 0.25) is 0 Å². The van der Waals surface area contributed by atoms with E-state index >= 15 is 0 Å². The van der Waals surface area contributed by atoms with Crippen molar-refractivity contribution >= 4 is 29.2 Å². The highest BCUT2D eigenvalue weighted by Gasteiger charge is 2.14. The minimum absolute atomic E-state index is 0.263. The fourth-order valence-electron chi connectivity index (χ4n) is 2.05. The van der Waals surface area contributed by atoms with Crippen LogP contribution in [0.2, 0.25) is 0 Å². The summed E-state index contributed by atoms with van der Waals surface area (Å²) in [6.45, 7) is 4.62. The third kappa shape index (κ3) is 5.35. The molecule has 0 atom stereocenters. The predicted octanol–water partition coefficient (Wildman–Crippen LogP) is 3.74. The molecule has 2 aromatic rings. The number of hydrogen-bond acceptors (Lipinski definition) is 3. The fraction of sp³-hybridized carbons (Fsp3) is 0.263. The molecule has 2 amide bonds. The number of unbranched alkanes of at least 4 members (excludes halogenated alkanes) is 1. The monoisotopic (exact) mass is 342 g/mol. The van der Waals surface area contributed by atoms with Crippen molar-refractivity contribution in [3.63, 3.8) is 0 Å². The van der Waals surface area contributed by atoms with Gasteiger partial charge in [0.1, 0.15) is 5.70 Å². The Kier molecular flexibility index (Phi) is 6.75. The quantitative estimate of drug-likeness (QED) is 0.595. The smallest absolute Gasteiger partial charge is 0.267 e. The predicted molar refractivity (Wildman–Crippen MR) is 98.9 cm³/mol. The molecule has 24 heavy (non-hydrogen) atoms. The van der Waals surface area contributed by atoms with Crippen LogP contribution in [0.3, 0.4) is 0 Å². The van der Waals surface area contributed by atoms with Gasteiger partial charge in [-0.2, -0.15) is 0 Å². The van der Waals surface area contributed by atoms with Crippen LogP contribution in [-0.4, -0.2) is 18.4 Å². The Bertz CT molecular complexity index is 703. The summed E-state index contributed by atoms with van der Waals surface area (Å²) in [6, 6.07) is 11.1. The molecule has 0 fully saturated rings. The molecular weight excluding hydrogens is 320 g/mol. The van der Waals surface area contributed by atoms with E-state index < -0.39 is 0 Å². The normalized spacial score (nSPS) is 11.2. The van der Waals surface area contributed by atoms with Crippen LogP contribution in [0.25, 0.3) is 6.08 Å². The molecule has 0 radical (unpaired) electrons. The van der Waals surface area contributed by atoms with Gasteiger partial charge in [-0.15, -0.1) is 11.3 Å². The van der Waals surface area contributed by atoms with E-state index in [1.165, 1.54) is 11.3 Å². The molecule has 2 rings (SSSR count). The first kappa shape index (κ1) is 17.9. The number of rotatable bonds is 7. The molecule has 0 aliphatic heterocycles. The lowest BCUT2D eigenvalue weighted by Crippen LogP contribution is -2.35. The minimum Gasteiger partial charge on any atom is -0.351 e. The van der Waals surface area contributed by atoms with Crippen molar-refractivity contribution in [2.24, 2.45) is 0 Å². The van der Waals surface area contributed by atoms with Crippen LogP contribution in [0.5, 0.6) is 0 Å². The van der Waals surface area contributed by atoms with E-state index in [1.807, 2.05) is 36.6 Å². The SMILES string of the molecule is CCCCNC(=O)/C(=C\c1cccs1)NC(=O)c1ccc(C)cc1. The molecule has 0 aliphatic carbocycles. The molecular formula is C19H22N2O2S. The molecule has 1 aromatic carbocycles. The van der Waals surface area contributed by atoms with Crippen LogP contribution in [0, 0.1) is 6.92 Å². The second-order valence-electron chi connectivity index (χ2n) is 5.50. The number of nitrogens with one attached hydrogen (secondary N) is 2. The van der Waals surface area contributed by atoms with E-state index in [-0.39, 0.29) is 17.5 Å². The molecule has 1 heterocycles. The first-order valence-corrected chi connectivity index (χ1v) is 8.89. The maximum absolute atomic E-state index is 12.4. The summed E-state index contributed by atoms with van der Waals surface area (Å²) < 4.78 is 0. The number of amides is 2. The number of hydrogen-bond donors (Lipinski definition) is 2. The molecule has 1 aromatic heterocycles. The van der Waals surface area contributed by atoms with Gasteiger partial charge in [0.05, 0.1) is 0 Å². The van der Waals surface area contributed by atoms with Crippen molar-refractivity contribution in [3.8, 4) is 0 Å². The highest BCUT2D eigenvalue weighted by Crippen LogP contribution is 2.13. The van der Waals surface area contributed by atoms with Gasteiger partial charge in [-0.05, 0) is 43.0 Å². The Labute approximate surface area is 146 Å². The minimum atomic E-state index is -0.288. The van der Waals surface area contributed by atoms with E-state index in [4.69, 9.17) is 0 Å². The van der Waals surface area contributed by atoms with E-state index in [1.54, 1.807) is 18.2 Å². The molecule has 0 bridgehead atoms. The first-order chi connectivity index (χ1) is 11.6.